The monoisotopic (exact) mass is 310 g/mol. The van der Waals surface area contributed by atoms with Gasteiger partial charge in [0.15, 0.2) is 0 Å². The number of sulfonamides is 1. The van der Waals surface area contributed by atoms with Gasteiger partial charge in [-0.05, 0) is 43.3 Å². The Morgan fingerprint density at radius 3 is 2.38 bits per heavy atom. The van der Waals surface area contributed by atoms with Crippen LogP contribution in [0.3, 0.4) is 0 Å². The molecule has 0 heterocycles. The number of ether oxygens (including phenoxy) is 1. The standard InChI is InChI=1S/C14H15FN2O3S/c1-9-13(15)7-10(16)8-14(9)21(18,19)17-11-3-5-12(20-2)6-4-11/h3-8,17H,16H2,1-2H3. The van der Waals surface area contributed by atoms with E-state index in [2.05, 4.69) is 4.72 Å². The molecule has 0 atom stereocenters. The van der Waals surface area contributed by atoms with Gasteiger partial charge in [-0.25, -0.2) is 12.8 Å². The highest BCUT2D eigenvalue weighted by Gasteiger charge is 2.20. The van der Waals surface area contributed by atoms with E-state index in [0.29, 0.717) is 11.4 Å². The minimum Gasteiger partial charge on any atom is -0.497 e. The zero-order valence-corrected chi connectivity index (χ0v) is 12.4. The maximum absolute atomic E-state index is 13.6. The van der Waals surface area contributed by atoms with Crippen LogP contribution >= 0.6 is 0 Å². The molecule has 0 aliphatic carbocycles. The predicted octanol–water partition coefficient (Wildman–Crippen LogP) is 2.53. The molecule has 0 saturated heterocycles. The Labute approximate surface area is 122 Å². The predicted molar refractivity (Wildman–Crippen MR) is 79.4 cm³/mol. The Morgan fingerprint density at radius 2 is 1.81 bits per heavy atom. The van der Waals surface area contributed by atoms with Gasteiger partial charge in [-0.2, -0.15) is 0 Å². The van der Waals surface area contributed by atoms with Crippen molar-refractivity contribution in [2.45, 2.75) is 11.8 Å². The van der Waals surface area contributed by atoms with Crippen LogP contribution in [0.15, 0.2) is 41.3 Å². The van der Waals surface area contributed by atoms with Gasteiger partial charge in [-0.15, -0.1) is 0 Å². The van der Waals surface area contributed by atoms with Crippen LogP contribution in [0.25, 0.3) is 0 Å². The molecule has 0 radical (unpaired) electrons. The van der Waals surface area contributed by atoms with Crippen LogP contribution in [0.4, 0.5) is 15.8 Å². The molecule has 0 aliphatic rings. The average Bonchev–Trinajstić information content (AvgIpc) is 2.43. The minimum atomic E-state index is -3.92. The highest BCUT2D eigenvalue weighted by molar-refractivity contribution is 7.92. The largest absolute Gasteiger partial charge is 0.497 e. The van der Waals surface area contributed by atoms with E-state index in [0.717, 1.165) is 6.07 Å². The van der Waals surface area contributed by atoms with Crippen LogP contribution in [0.5, 0.6) is 5.75 Å². The third-order valence-corrected chi connectivity index (χ3v) is 4.46. The lowest BCUT2D eigenvalue weighted by Gasteiger charge is -2.12. The molecular formula is C14H15FN2O3S. The third kappa shape index (κ3) is 3.25. The Morgan fingerprint density at radius 1 is 1.19 bits per heavy atom. The van der Waals surface area contributed by atoms with E-state index in [1.54, 1.807) is 24.3 Å². The molecule has 0 aliphatic heterocycles. The molecule has 21 heavy (non-hydrogen) atoms. The molecule has 2 aromatic rings. The fraction of sp³-hybridized carbons (Fsp3) is 0.143. The molecule has 3 N–H and O–H groups in total. The van der Waals surface area contributed by atoms with Crippen molar-refractivity contribution >= 4 is 21.4 Å². The van der Waals surface area contributed by atoms with Crippen molar-refractivity contribution in [1.29, 1.82) is 0 Å². The first-order valence-corrected chi connectivity index (χ1v) is 7.54. The number of rotatable bonds is 4. The lowest BCUT2D eigenvalue weighted by atomic mass is 10.2. The Hall–Kier alpha value is -2.28. The normalized spacial score (nSPS) is 11.2. The fourth-order valence-corrected chi connectivity index (χ4v) is 3.17. The van der Waals surface area contributed by atoms with Crippen molar-refractivity contribution in [2.75, 3.05) is 17.6 Å². The first-order chi connectivity index (χ1) is 9.83. The van der Waals surface area contributed by atoms with Gasteiger partial charge < -0.3 is 10.5 Å². The highest BCUT2D eigenvalue weighted by Crippen LogP contribution is 2.25. The van der Waals surface area contributed by atoms with Gasteiger partial charge in [-0.3, -0.25) is 4.72 Å². The summed E-state index contributed by atoms with van der Waals surface area (Å²) >= 11 is 0. The number of methoxy groups -OCH3 is 1. The van der Waals surface area contributed by atoms with Crippen LogP contribution < -0.4 is 15.2 Å². The Kier molecular flexibility index (Phi) is 4.04. The first kappa shape index (κ1) is 15.1. The SMILES string of the molecule is COc1ccc(NS(=O)(=O)c2cc(N)cc(F)c2C)cc1. The summed E-state index contributed by atoms with van der Waals surface area (Å²) < 4.78 is 45.6. The summed E-state index contributed by atoms with van der Waals surface area (Å²) in [6.07, 6.45) is 0. The van der Waals surface area contributed by atoms with Gasteiger partial charge >= 0.3 is 0 Å². The summed E-state index contributed by atoms with van der Waals surface area (Å²) in [5.41, 5.74) is 5.92. The number of hydrogen-bond donors (Lipinski definition) is 2. The number of nitrogen functional groups attached to an aromatic ring is 1. The van der Waals surface area contributed by atoms with Crippen molar-refractivity contribution in [1.82, 2.24) is 0 Å². The van der Waals surface area contributed by atoms with E-state index in [1.807, 2.05) is 0 Å². The number of anilines is 2. The molecule has 2 aromatic carbocycles. The first-order valence-electron chi connectivity index (χ1n) is 6.06. The molecule has 0 saturated carbocycles. The number of halogens is 1. The van der Waals surface area contributed by atoms with Crippen molar-refractivity contribution in [3.05, 3.63) is 47.8 Å². The molecule has 0 fully saturated rings. The zero-order valence-electron chi connectivity index (χ0n) is 11.6. The zero-order chi connectivity index (χ0) is 15.6. The number of nitrogens with two attached hydrogens (primary N) is 1. The van der Waals surface area contributed by atoms with Gasteiger partial charge in [0.05, 0.1) is 12.0 Å². The molecule has 7 heteroatoms. The molecule has 0 aromatic heterocycles. The number of nitrogens with one attached hydrogen (secondary N) is 1. The van der Waals surface area contributed by atoms with E-state index in [4.69, 9.17) is 10.5 Å². The number of benzene rings is 2. The summed E-state index contributed by atoms with van der Waals surface area (Å²) in [7, 11) is -2.41. The van der Waals surface area contributed by atoms with Crippen LogP contribution in [0, 0.1) is 12.7 Å². The Bertz CT molecular complexity index is 759. The molecule has 0 unspecified atom stereocenters. The summed E-state index contributed by atoms with van der Waals surface area (Å²) in [5, 5.41) is 0. The second-order valence-electron chi connectivity index (χ2n) is 4.46. The molecule has 112 valence electrons. The van der Waals surface area contributed by atoms with E-state index in [9.17, 15) is 12.8 Å². The maximum atomic E-state index is 13.6. The van der Waals surface area contributed by atoms with E-state index >= 15 is 0 Å². The molecule has 5 nitrogen and oxygen atoms in total. The molecular weight excluding hydrogens is 295 g/mol. The van der Waals surface area contributed by atoms with Gasteiger partial charge in [0, 0.05) is 16.9 Å². The molecule has 0 bridgehead atoms. The van der Waals surface area contributed by atoms with E-state index in [1.165, 1.54) is 20.1 Å². The smallest absolute Gasteiger partial charge is 0.262 e. The van der Waals surface area contributed by atoms with Crippen molar-refractivity contribution in [3.63, 3.8) is 0 Å². The fourth-order valence-electron chi connectivity index (χ4n) is 1.82. The van der Waals surface area contributed by atoms with Crippen LogP contribution in [0.2, 0.25) is 0 Å². The second kappa shape index (κ2) is 5.61. The quantitative estimate of drug-likeness (QED) is 0.850. The van der Waals surface area contributed by atoms with Crippen molar-refractivity contribution in [3.8, 4) is 5.75 Å². The lowest BCUT2D eigenvalue weighted by molar-refractivity contribution is 0.415. The highest BCUT2D eigenvalue weighted by atomic mass is 32.2. The summed E-state index contributed by atoms with van der Waals surface area (Å²) in [4.78, 5) is -0.184. The van der Waals surface area contributed by atoms with E-state index < -0.39 is 15.8 Å². The van der Waals surface area contributed by atoms with Crippen LogP contribution in [-0.4, -0.2) is 15.5 Å². The molecule has 0 amide bonds. The van der Waals surface area contributed by atoms with Crippen LogP contribution in [0.1, 0.15) is 5.56 Å². The Balaban J connectivity index is 2.38. The second-order valence-corrected chi connectivity index (χ2v) is 6.11. The lowest BCUT2D eigenvalue weighted by Crippen LogP contribution is -2.15. The summed E-state index contributed by atoms with van der Waals surface area (Å²) in [6, 6.07) is 8.64. The average molecular weight is 310 g/mol. The van der Waals surface area contributed by atoms with Crippen molar-refractivity contribution < 1.29 is 17.5 Å². The van der Waals surface area contributed by atoms with Gasteiger partial charge in [-0.1, -0.05) is 0 Å². The third-order valence-electron chi connectivity index (χ3n) is 2.95. The van der Waals surface area contributed by atoms with Gasteiger partial charge in [0.25, 0.3) is 10.0 Å². The summed E-state index contributed by atoms with van der Waals surface area (Å²) in [5.74, 6) is -0.0609. The molecule has 2 rings (SSSR count). The number of hydrogen-bond acceptors (Lipinski definition) is 4. The van der Waals surface area contributed by atoms with E-state index in [-0.39, 0.29) is 16.1 Å². The summed E-state index contributed by atoms with van der Waals surface area (Å²) in [6.45, 7) is 1.39. The van der Waals surface area contributed by atoms with Gasteiger partial charge in [0.1, 0.15) is 11.6 Å². The molecule has 0 spiro atoms. The maximum Gasteiger partial charge on any atom is 0.262 e. The van der Waals surface area contributed by atoms with Crippen molar-refractivity contribution in [2.24, 2.45) is 0 Å². The topological polar surface area (TPSA) is 81.4 Å². The minimum absolute atomic E-state index is 0.0187. The van der Waals surface area contributed by atoms with Crippen LogP contribution in [-0.2, 0) is 10.0 Å². The van der Waals surface area contributed by atoms with Gasteiger partial charge in [0.2, 0.25) is 0 Å².